The normalized spacial score (nSPS) is 19.5. The van der Waals surface area contributed by atoms with Crippen LogP contribution < -0.4 is 5.32 Å². The molecule has 178 valence electrons. The maximum Gasteiger partial charge on any atom is 0.411 e. The van der Waals surface area contributed by atoms with Crippen LogP contribution in [0.3, 0.4) is 0 Å². The molecule has 2 heterocycles. The van der Waals surface area contributed by atoms with Crippen molar-refractivity contribution in [3.8, 4) is 0 Å². The average Bonchev–Trinajstić information content (AvgIpc) is 3.13. The quantitative estimate of drug-likeness (QED) is 0.646. The fourth-order valence-corrected chi connectivity index (χ4v) is 3.82. The summed E-state index contributed by atoms with van der Waals surface area (Å²) in [6, 6.07) is 10.5. The molecule has 1 aromatic carbocycles. The van der Waals surface area contributed by atoms with Crippen molar-refractivity contribution in [2.45, 2.75) is 70.8 Å². The number of hydrogen-bond acceptors (Lipinski definition) is 4. The van der Waals surface area contributed by atoms with Crippen LogP contribution in [0.15, 0.2) is 42.5 Å². The first-order valence-electron chi connectivity index (χ1n) is 11.1. The van der Waals surface area contributed by atoms with E-state index in [0.717, 1.165) is 4.90 Å². The van der Waals surface area contributed by atoms with Gasteiger partial charge in [-0.3, -0.25) is 9.69 Å². The number of alkyl halides is 1. The second kappa shape index (κ2) is 9.85. The number of nitrogens with one attached hydrogen (secondary N) is 1. The highest BCUT2D eigenvalue weighted by atomic mass is 19.1. The first-order chi connectivity index (χ1) is 15.5. The summed E-state index contributed by atoms with van der Waals surface area (Å²) >= 11 is 0. The number of nitrogens with zero attached hydrogens (tertiary/aromatic N) is 2. The van der Waals surface area contributed by atoms with E-state index < -0.39 is 41.8 Å². The largest absolute Gasteiger partial charge is 0.444 e. The molecule has 3 atom stereocenters. The van der Waals surface area contributed by atoms with Gasteiger partial charge in [0, 0.05) is 12.0 Å². The molecule has 0 bridgehead atoms. The molecule has 6 nitrogen and oxygen atoms in total. The van der Waals surface area contributed by atoms with E-state index in [2.05, 4.69) is 10.3 Å². The molecule has 0 unspecified atom stereocenters. The Kier molecular flexibility index (Phi) is 7.34. The van der Waals surface area contributed by atoms with Gasteiger partial charge >= 0.3 is 6.09 Å². The number of likely N-dealkylation sites (tertiary alicyclic amines) is 1. The Balaban J connectivity index is 1.89. The standard InChI is InChI=1S/C25H31F2N3O3/c1-15(2)18-11-12-19(28-22(18)27)21(16-9-7-6-8-10-16)29-23(31)20-13-17(26)14-30(20)24(32)33-25(3,4)5/h6-12,15,17,20-21H,13-14H2,1-5H3,(H,29,31)/t17-,20+,21+/m1/s1. The Bertz CT molecular complexity index is 992. The third kappa shape index (κ3) is 6.06. The van der Waals surface area contributed by atoms with Crippen LogP contribution in [-0.2, 0) is 9.53 Å². The summed E-state index contributed by atoms with van der Waals surface area (Å²) in [4.78, 5) is 31.0. The van der Waals surface area contributed by atoms with Crippen molar-refractivity contribution in [1.82, 2.24) is 15.2 Å². The van der Waals surface area contributed by atoms with Crippen LogP contribution in [0.5, 0.6) is 0 Å². The molecule has 2 amide bonds. The van der Waals surface area contributed by atoms with Gasteiger partial charge in [-0.2, -0.15) is 4.39 Å². The van der Waals surface area contributed by atoms with Crippen molar-refractivity contribution in [1.29, 1.82) is 0 Å². The van der Waals surface area contributed by atoms with E-state index in [0.29, 0.717) is 16.8 Å². The molecule has 0 radical (unpaired) electrons. The minimum Gasteiger partial charge on any atom is -0.444 e. The van der Waals surface area contributed by atoms with E-state index in [-0.39, 0.29) is 18.9 Å². The van der Waals surface area contributed by atoms with Crippen molar-refractivity contribution < 1.29 is 23.1 Å². The number of carbonyl (C=O) groups is 2. The second-order valence-electron chi connectivity index (χ2n) is 9.60. The summed E-state index contributed by atoms with van der Waals surface area (Å²) in [5, 5.41) is 2.85. The Morgan fingerprint density at radius 1 is 1.15 bits per heavy atom. The number of amides is 2. The summed E-state index contributed by atoms with van der Waals surface area (Å²) in [5.41, 5.74) is 0.700. The lowest BCUT2D eigenvalue weighted by Gasteiger charge is -2.29. The van der Waals surface area contributed by atoms with Crippen LogP contribution in [-0.4, -0.2) is 46.2 Å². The van der Waals surface area contributed by atoms with E-state index in [1.54, 1.807) is 57.2 Å². The van der Waals surface area contributed by atoms with Crippen LogP contribution in [0, 0.1) is 5.95 Å². The molecule has 0 aliphatic carbocycles. The van der Waals surface area contributed by atoms with Gasteiger partial charge in [0.05, 0.1) is 18.3 Å². The maximum atomic E-state index is 14.6. The topological polar surface area (TPSA) is 71.5 Å². The molecule has 33 heavy (non-hydrogen) atoms. The molecule has 1 aromatic heterocycles. The Hall–Kier alpha value is -3.03. The van der Waals surface area contributed by atoms with E-state index in [1.807, 2.05) is 19.9 Å². The predicted octanol–water partition coefficient (Wildman–Crippen LogP) is 4.90. The number of ether oxygens (including phenoxy) is 1. The van der Waals surface area contributed by atoms with E-state index in [4.69, 9.17) is 4.74 Å². The molecule has 1 N–H and O–H groups in total. The lowest BCUT2D eigenvalue weighted by Crippen LogP contribution is -2.48. The van der Waals surface area contributed by atoms with Crippen molar-refractivity contribution in [3.05, 3.63) is 65.2 Å². The summed E-state index contributed by atoms with van der Waals surface area (Å²) in [5.74, 6) is -1.19. The van der Waals surface area contributed by atoms with Gasteiger partial charge in [-0.1, -0.05) is 50.2 Å². The number of rotatable bonds is 5. The number of hydrogen-bond donors (Lipinski definition) is 1. The smallest absolute Gasteiger partial charge is 0.411 e. The zero-order valence-electron chi connectivity index (χ0n) is 19.6. The summed E-state index contributed by atoms with van der Waals surface area (Å²) in [6.45, 7) is 8.63. The molecular formula is C25H31F2N3O3. The van der Waals surface area contributed by atoms with Crippen molar-refractivity contribution in [3.63, 3.8) is 0 Å². The molecule has 0 saturated carbocycles. The third-order valence-corrected chi connectivity index (χ3v) is 5.42. The lowest BCUT2D eigenvalue weighted by atomic mass is 9.99. The number of carbonyl (C=O) groups excluding carboxylic acids is 2. The predicted molar refractivity (Wildman–Crippen MR) is 121 cm³/mol. The van der Waals surface area contributed by atoms with Crippen LogP contribution in [0.2, 0.25) is 0 Å². The molecular weight excluding hydrogens is 428 g/mol. The van der Waals surface area contributed by atoms with Crippen LogP contribution in [0.1, 0.15) is 69.8 Å². The fourth-order valence-electron chi connectivity index (χ4n) is 3.82. The van der Waals surface area contributed by atoms with E-state index in [9.17, 15) is 18.4 Å². The van der Waals surface area contributed by atoms with Gasteiger partial charge in [-0.05, 0) is 38.3 Å². The molecule has 3 rings (SSSR count). The second-order valence-corrected chi connectivity index (χ2v) is 9.60. The van der Waals surface area contributed by atoms with Gasteiger partial charge in [0.2, 0.25) is 11.9 Å². The van der Waals surface area contributed by atoms with Gasteiger partial charge in [-0.15, -0.1) is 0 Å². The van der Waals surface area contributed by atoms with Gasteiger partial charge in [-0.25, -0.2) is 14.2 Å². The van der Waals surface area contributed by atoms with Gasteiger partial charge in [0.15, 0.2) is 0 Å². The minimum atomic E-state index is -1.34. The molecule has 8 heteroatoms. The average molecular weight is 460 g/mol. The zero-order chi connectivity index (χ0) is 24.3. The number of aromatic nitrogens is 1. The van der Waals surface area contributed by atoms with Gasteiger partial charge in [0.25, 0.3) is 0 Å². The molecule has 1 aliphatic heterocycles. The van der Waals surface area contributed by atoms with Crippen LogP contribution in [0.25, 0.3) is 0 Å². The molecule has 1 aliphatic rings. The molecule has 1 saturated heterocycles. The van der Waals surface area contributed by atoms with Crippen molar-refractivity contribution >= 4 is 12.0 Å². The van der Waals surface area contributed by atoms with Gasteiger partial charge in [0.1, 0.15) is 17.8 Å². The fraction of sp³-hybridized carbons (Fsp3) is 0.480. The van der Waals surface area contributed by atoms with Crippen molar-refractivity contribution in [2.24, 2.45) is 0 Å². The first kappa shape index (κ1) is 24.6. The van der Waals surface area contributed by atoms with Gasteiger partial charge < -0.3 is 10.1 Å². The molecule has 1 fully saturated rings. The SMILES string of the molecule is CC(C)c1ccc([C@@H](NC(=O)[C@@H]2C[C@@H](F)CN2C(=O)OC(C)(C)C)c2ccccc2)nc1F. The van der Waals surface area contributed by atoms with Crippen LogP contribution >= 0.6 is 0 Å². The maximum absolute atomic E-state index is 14.6. The number of pyridine rings is 1. The Morgan fingerprint density at radius 2 is 1.82 bits per heavy atom. The highest BCUT2D eigenvalue weighted by molar-refractivity contribution is 5.87. The zero-order valence-corrected chi connectivity index (χ0v) is 19.6. The Labute approximate surface area is 193 Å². The monoisotopic (exact) mass is 459 g/mol. The number of benzene rings is 1. The third-order valence-electron chi connectivity index (χ3n) is 5.42. The summed E-state index contributed by atoms with van der Waals surface area (Å²) < 4.78 is 34.2. The highest BCUT2D eigenvalue weighted by Gasteiger charge is 2.42. The summed E-state index contributed by atoms with van der Waals surface area (Å²) in [7, 11) is 0. The minimum absolute atomic E-state index is 0.0429. The first-order valence-corrected chi connectivity index (χ1v) is 11.1. The number of halogens is 2. The van der Waals surface area contributed by atoms with Crippen molar-refractivity contribution in [2.75, 3.05) is 6.54 Å². The van der Waals surface area contributed by atoms with E-state index >= 15 is 0 Å². The van der Waals surface area contributed by atoms with Crippen LogP contribution in [0.4, 0.5) is 13.6 Å². The Morgan fingerprint density at radius 3 is 2.39 bits per heavy atom. The molecule has 2 aromatic rings. The van der Waals surface area contributed by atoms with E-state index in [1.165, 1.54) is 0 Å². The lowest BCUT2D eigenvalue weighted by molar-refractivity contribution is -0.126. The summed E-state index contributed by atoms with van der Waals surface area (Å²) in [6.07, 6.45) is -2.23. The highest BCUT2D eigenvalue weighted by Crippen LogP contribution is 2.27. The molecule has 0 spiro atoms.